The van der Waals surface area contributed by atoms with Gasteiger partial charge in [-0.3, -0.25) is 9.59 Å². The molecule has 2 amide bonds. The fourth-order valence-corrected chi connectivity index (χ4v) is 4.12. The number of amides is 2. The molecule has 6 heteroatoms. The van der Waals surface area contributed by atoms with Crippen LogP contribution in [0.15, 0.2) is 48.5 Å². The van der Waals surface area contributed by atoms with Gasteiger partial charge in [0.2, 0.25) is 5.91 Å². The van der Waals surface area contributed by atoms with E-state index >= 15 is 0 Å². The van der Waals surface area contributed by atoms with Gasteiger partial charge < -0.3 is 14.8 Å². The molecule has 0 unspecified atom stereocenters. The zero-order valence-electron chi connectivity index (χ0n) is 18.7. The van der Waals surface area contributed by atoms with E-state index in [1.54, 1.807) is 4.90 Å². The lowest BCUT2D eigenvalue weighted by molar-refractivity contribution is -0.133. The predicted molar refractivity (Wildman–Crippen MR) is 122 cm³/mol. The van der Waals surface area contributed by atoms with Crippen molar-refractivity contribution in [1.82, 2.24) is 19.8 Å². The van der Waals surface area contributed by atoms with Gasteiger partial charge in [0.25, 0.3) is 5.91 Å². The van der Waals surface area contributed by atoms with Crippen molar-refractivity contribution >= 4 is 22.8 Å². The molecule has 2 heterocycles. The second kappa shape index (κ2) is 8.17. The van der Waals surface area contributed by atoms with Gasteiger partial charge >= 0.3 is 0 Å². The number of aryl methyl sites for hydroxylation is 1. The topological polar surface area (TPSA) is 67.2 Å². The summed E-state index contributed by atoms with van der Waals surface area (Å²) in [6, 6.07) is 15.8. The first-order valence-electron chi connectivity index (χ1n) is 10.9. The highest BCUT2D eigenvalue weighted by atomic mass is 16.2. The number of carbonyl (C=O) groups is 2. The summed E-state index contributed by atoms with van der Waals surface area (Å²) in [5.41, 5.74) is 2.78. The predicted octanol–water partition coefficient (Wildman–Crippen LogP) is 3.92. The minimum absolute atomic E-state index is 0.128. The maximum Gasteiger partial charge on any atom is 0.291 e. The summed E-state index contributed by atoms with van der Waals surface area (Å²) >= 11 is 0. The lowest BCUT2D eigenvalue weighted by Gasteiger charge is -2.43. The largest absolute Gasteiger partial charge is 0.354 e. The molecule has 0 saturated heterocycles. The van der Waals surface area contributed by atoms with Crippen LogP contribution in [-0.2, 0) is 17.9 Å². The van der Waals surface area contributed by atoms with Crippen LogP contribution in [0.1, 0.15) is 48.9 Å². The number of hydrogen-bond donors (Lipinski definition) is 1. The number of hydrogen-bond acceptors (Lipinski definition) is 3. The third-order valence-corrected chi connectivity index (χ3v) is 6.11. The molecule has 0 saturated carbocycles. The highest BCUT2D eigenvalue weighted by Gasteiger charge is 2.48. The van der Waals surface area contributed by atoms with Gasteiger partial charge in [0.1, 0.15) is 5.54 Å². The van der Waals surface area contributed by atoms with Crippen LogP contribution in [-0.4, -0.2) is 38.3 Å². The van der Waals surface area contributed by atoms with Crippen LogP contribution in [0, 0.1) is 12.8 Å². The Balaban J connectivity index is 1.73. The van der Waals surface area contributed by atoms with Gasteiger partial charge in [0.05, 0.1) is 17.6 Å². The monoisotopic (exact) mass is 418 g/mol. The molecule has 1 N–H and O–H groups in total. The molecule has 0 fully saturated rings. The fraction of sp³-hybridized carbons (Fsp3) is 0.400. The van der Waals surface area contributed by atoms with Crippen molar-refractivity contribution in [3.05, 3.63) is 65.5 Å². The molecular formula is C25H30N4O2. The second-order valence-electron chi connectivity index (χ2n) is 9.10. The zero-order valence-corrected chi connectivity index (χ0v) is 18.7. The van der Waals surface area contributed by atoms with Gasteiger partial charge in [-0.25, -0.2) is 4.98 Å². The van der Waals surface area contributed by atoms with Crippen molar-refractivity contribution in [2.24, 2.45) is 5.92 Å². The Morgan fingerprint density at radius 3 is 2.58 bits per heavy atom. The Labute approximate surface area is 183 Å². The third-order valence-electron chi connectivity index (χ3n) is 6.11. The first-order chi connectivity index (χ1) is 14.8. The summed E-state index contributed by atoms with van der Waals surface area (Å²) in [6.07, 6.45) is 0.896. The molecule has 1 atom stereocenters. The van der Waals surface area contributed by atoms with Gasteiger partial charge in [-0.2, -0.15) is 0 Å². The van der Waals surface area contributed by atoms with Gasteiger partial charge in [-0.15, -0.1) is 0 Å². The van der Waals surface area contributed by atoms with Crippen LogP contribution in [0.4, 0.5) is 0 Å². The van der Waals surface area contributed by atoms with Gasteiger partial charge in [-0.05, 0) is 43.9 Å². The number of imidazole rings is 1. The molecule has 1 aromatic heterocycles. The smallest absolute Gasteiger partial charge is 0.291 e. The molecular weight excluding hydrogens is 388 g/mol. The number of para-hydroxylation sites is 2. The number of nitrogens with one attached hydrogen (secondary N) is 1. The molecule has 0 bridgehead atoms. The van der Waals surface area contributed by atoms with E-state index < -0.39 is 5.54 Å². The van der Waals surface area contributed by atoms with E-state index in [0.29, 0.717) is 31.4 Å². The molecule has 0 spiro atoms. The van der Waals surface area contributed by atoms with Crippen LogP contribution in [0.2, 0.25) is 0 Å². The number of benzene rings is 2. The third kappa shape index (κ3) is 3.94. The molecule has 31 heavy (non-hydrogen) atoms. The average Bonchev–Trinajstić information content (AvgIpc) is 3.10. The van der Waals surface area contributed by atoms with Gasteiger partial charge in [-0.1, -0.05) is 55.8 Å². The molecule has 162 valence electrons. The molecule has 0 radical (unpaired) electrons. The molecule has 6 nitrogen and oxygen atoms in total. The summed E-state index contributed by atoms with van der Waals surface area (Å²) in [4.78, 5) is 33.3. The van der Waals surface area contributed by atoms with Gasteiger partial charge in [0.15, 0.2) is 5.82 Å². The van der Waals surface area contributed by atoms with E-state index in [2.05, 4.69) is 24.1 Å². The minimum Gasteiger partial charge on any atom is -0.354 e. The van der Waals surface area contributed by atoms with E-state index in [1.807, 2.05) is 66.9 Å². The average molecular weight is 419 g/mol. The summed E-state index contributed by atoms with van der Waals surface area (Å²) in [5.74, 6) is 0.538. The Morgan fingerprint density at radius 2 is 1.87 bits per heavy atom. The Morgan fingerprint density at radius 1 is 1.16 bits per heavy atom. The molecule has 3 aromatic rings. The summed E-state index contributed by atoms with van der Waals surface area (Å²) in [5, 5.41) is 3.07. The Hall–Kier alpha value is -3.15. The van der Waals surface area contributed by atoms with Crippen molar-refractivity contribution < 1.29 is 9.59 Å². The normalized spacial score (nSPS) is 18.5. The molecule has 2 aromatic carbocycles. The molecule has 4 rings (SSSR count). The number of carbonyl (C=O) groups excluding carboxylic acids is 2. The van der Waals surface area contributed by atoms with E-state index in [9.17, 15) is 9.59 Å². The van der Waals surface area contributed by atoms with Crippen molar-refractivity contribution in [2.75, 3.05) is 6.54 Å². The Kier molecular flexibility index (Phi) is 5.56. The van der Waals surface area contributed by atoms with Crippen molar-refractivity contribution in [3.8, 4) is 0 Å². The van der Waals surface area contributed by atoms with Gasteiger partial charge in [0, 0.05) is 13.1 Å². The maximum atomic E-state index is 13.6. The van der Waals surface area contributed by atoms with E-state index in [-0.39, 0.29) is 11.8 Å². The van der Waals surface area contributed by atoms with Crippen LogP contribution in [0.25, 0.3) is 11.0 Å². The van der Waals surface area contributed by atoms with E-state index in [1.165, 1.54) is 0 Å². The number of fused-ring (bicyclic) bond motifs is 3. The maximum absolute atomic E-state index is 13.6. The number of nitrogens with zero attached hydrogens (tertiary/aromatic N) is 3. The van der Waals surface area contributed by atoms with E-state index in [0.717, 1.165) is 28.6 Å². The minimum atomic E-state index is -1.02. The van der Waals surface area contributed by atoms with Crippen LogP contribution in [0.3, 0.4) is 0 Å². The summed E-state index contributed by atoms with van der Waals surface area (Å²) in [6.45, 7) is 9.48. The van der Waals surface area contributed by atoms with E-state index in [4.69, 9.17) is 0 Å². The zero-order chi connectivity index (χ0) is 22.2. The highest BCUT2D eigenvalue weighted by molar-refractivity contribution is 6.01. The van der Waals surface area contributed by atoms with Crippen LogP contribution in [0.5, 0.6) is 0 Å². The molecule has 0 aliphatic carbocycles. The standard InChI is InChI=1S/C25H30N4O2/c1-17(2)13-14-26-24(31)25(4)16-28-21-8-6-5-7-20(21)27-22(28)23(30)29(25)15-19-11-9-18(3)10-12-19/h5-12,17H,13-16H2,1-4H3,(H,26,31)/t25-/m1/s1. The molecule has 1 aliphatic heterocycles. The van der Waals surface area contributed by atoms with Crippen molar-refractivity contribution in [2.45, 2.75) is 52.7 Å². The SMILES string of the molecule is Cc1ccc(CN2C(=O)c3nc4ccccc4n3C[C@]2(C)C(=O)NCCC(C)C)cc1. The lowest BCUT2D eigenvalue weighted by atomic mass is 9.94. The Bertz CT molecular complexity index is 1120. The van der Waals surface area contributed by atoms with Crippen molar-refractivity contribution in [1.29, 1.82) is 0 Å². The summed E-state index contributed by atoms with van der Waals surface area (Å²) in [7, 11) is 0. The number of aromatic nitrogens is 2. The van der Waals surface area contributed by atoms with Crippen LogP contribution >= 0.6 is 0 Å². The second-order valence-corrected chi connectivity index (χ2v) is 9.10. The first kappa shape index (κ1) is 21.1. The number of rotatable bonds is 6. The quantitative estimate of drug-likeness (QED) is 0.660. The molecule has 1 aliphatic rings. The van der Waals surface area contributed by atoms with Crippen LogP contribution < -0.4 is 5.32 Å². The first-order valence-corrected chi connectivity index (χ1v) is 10.9. The fourth-order valence-electron chi connectivity index (χ4n) is 4.12. The lowest BCUT2D eigenvalue weighted by Crippen LogP contribution is -2.63. The summed E-state index contributed by atoms with van der Waals surface area (Å²) < 4.78 is 1.89. The highest BCUT2D eigenvalue weighted by Crippen LogP contribution is 2.32. The van der Waals surface area contributed by atoms with Crippen molar-refractivity contribution in [3.63, 3.8) is 0 Å².